The summed E-state index contributed by atoms with van der Waals surface area (Å²) in [6, 6.07) is 14.9. The maximum Gasteiger partial charge on any atom is 0.236 e. The molecule has 0 aromatic heterocycles. The Bertz CT molecular complexity index is 624. The van der Waals surface area contributed by atoms with Crippen LogP contribution in [0.2, 0.25) is 0 Å². The molecule has 18 heavy (non-hydrogen) atoms. The first-order valence-electron chi connectivity index (χ1n) is 5.39. The molecule has 2 N–H and O–H groups in total. The molecule has 0 radical (unpaired) electrons. The van der Waals surface area contributed by atoms with Crippen LogP contribution in [0.5, 0.6) is 5.75 Å². The second kappa shape index (κ2) is 5.10. The van der Waals surface area contributed by atoms with Gasteiger partial charge in [-0.15, -0.1) is 0 Å². The minimum atomic E-state index is -3.47. The van der Waals surface area contributed by atoms with Gasteiger partial charge in [-0.05, 0) is 17.7 Å². The molecule has 2 aromatic carbocycles. The van der Waals surface area contributed by atoms with Crippen molar-refractivity contribution in [3.8, 4) is 5.75 Å². The lowest BCUT2D eigenvalue weighted by Crippen LogP contribution is -2.14. The molecule has 0 aliphatic rings. The predicted octanol–water partition coefficient (Wildman–Crippen LogP) is 2.33. The van der Waals surface area contributed by atoms with E-state index >= 15 is 0 Å². The fourth-order valence-electron chi connectivity index (χ4n) is 1.58. The molecule has 0 saturated carbocycles. The largest absolute Gasteiger partial charge is 0.508 e. The highest BCUT2D eigenvalue weighted by molar-refractivity contribution is 7.91. The Hall–Kier alpha value is -2.01. The molecule has 0 unspecified atom stereocenters. The van der Waals surface area contributed by atoms with E-state index in [9.17, 15) is 13.5 Å². The van der Waals surface area contributed by atoms with Crippen molar-refractivity contribution in [1.82, 2.24) is 0 Å². The normalized spacial score (nSPS) is 11.1. The Morgan fingerprint density at radius 1 is 1.00 bits per heavy atom. The lowest BCUT2D eigenvalue weighted by Gasteiger charge is -2.08. The zero-order valence-electron chi connectivity index (χ0n) is 9.58. The lowest BCUT2D eigenvalue weighted by atomic mass is 10.2. The van der Waals surface area contributed by atoms with Crippen molar-refractivity contribution in [2.75, 3.05) is 4.72 Å². The van der Waals surface area contributed by atoms with Crippen molar-refractivity contribution >= 4 is 15.7 Å². The minimum absolute atomic E-state index is 0.0231. The number of aromatic hydroxyl groups is 1. The second-order valence-corrected chi connectivity index (χ2v) is 5.62. The molecular weight excluding hydrogens is 250 g/mol. The molecule has 0 saturated heterocycles. The van der Waals surface area contributed by atoms with E-state index in [0.717, 1.165) is 0 Å². The summed E-state index contributed by atoms with van der Waals surface area (Å²) < 4.78 is 26.2. The number of sulfonamides is 1. The van der Waals surface area contributed by atoms with Crippen LogP contribution in [-0.2, 0) is 15.8 Å². The molecule has 94 valence electrons. The van der Waals surface area contributed by atoms with Gasteiger partial charge in [0.05, 0.1) is 11.4 Å². The molecule has 0 fully saturated rings. The van der Waals surface area contributed by atoms with E-state index in [-0.39, 0.29) is 11.5 Å². The molecule has 2 aromatic rings. The Labute approximate surface area is 106 Å². The van der Waals surface area contributed by atoms with Crippen LogP contribution in [0.15, 0.2) is 54.6 Å². The van der Waals surface area contributed by atoms with Gasteiger partial charge in [0.15, 0.2) is 0 Å². The fourth-order valence-corrected chi connectivity index (χ4v) is 2.77. The molecular formula is C13H13NO3S. The summed E-state index contributed by atoms with van der Waals surface area (Å²) in [4.78, 5) is 0. The highest BCUT2D eigenvalue weighted by Gasteiger charge is 2.11. The average molecular weight is 263 g/mol. The Balaban J connectivity index is 2.13. The van der Waals surface area contributed by atoms with Crippen LogP contribution >= 0.6 is 0 Å². The van der Waals surface area contributed by atoms with Gasteiger partial charge in [-0.1, -0.05) is 36.4 Å². The van der Waals surface area contributed by atoms with Gasteiger partial charge in [0.1, 0.15) is 5.75 Å². The summed E-state index contributed by atoms with van der Waals surface area (Å²) in [7, 11) is -3.47. The zero-order valence-corrected chi connectivity index (χ0v) is 10.4. The summed E-state index contributed by atoms with van der Waals surface area (Å²) in [5, 5.41) is 9.26. The molecule has 0 aliphatic heterocycles. The summed E-state index contributed by atoms with van der Waals surface area (Å²) in [6.07, 6.45) is 0. The zero-order chi connectivity index (χ0) is 13.0. The van der Waals surface area contributed by atoms with Crippen LogP contribution in [0.25, 0.3) is 0 Å². The maximum absolute atomic E-state index is 11.9. The quantitative estimate of drug-likeness (QED) is 0.889. The van der Waals surface area contributed by atoms with Crippen LogP contribution in [0.4, 0.5) is 5.69 Å². The molecule has 2 rings (SSSR count). The van der Waals surface area contributed by atoms with Gasteiger partial charge in [-0.2, -0.15) is 0 Å². The van der Waals surface area contributed by atoms with Crippen LogP contribution in [0.3, 0.4) is 0 Å². The van der Waals surface area contributed by atoms with Crippen molar-refractivity contribution in [3.63, 3.8) is 0 Å². The highest BCUT2D eigenvalue weighted by Crippen LogP contribution is 2.17. The number of nitrogens with one attached hydrogen (secondary N) is 1. The van der Waals surface area contributed by atoms with Gasteiger partial charge in [-0.25, -0.2) is 8.42 Å². The molecule has 5 heteroatoms. The number of phenolic OH excluding ortho intramolecular Hbond substituents is 1. The smallest absolute Gasteiger partial charge is 0.236 e. The number of anilines is 1. The van der Waals surface area contributed by atoms with Crippen LogP contribution in [0, 0.1) is 0 Å². The Morgan fingerprint density at radius 3 is 2.39 bits per heavy atom. The van der Waals surface area contributed by atoms with E-state index < -0.39 is 10.0 Å². The van der Waals surface area contributed by atoms with Gasteiger partial charge >= 0.3 is 0 Å². The standard InChI is InChI=1S/C13H13NO3S/c15-13-8-4-7-12(9-13)14-18(16,17)10-11-5-2-1-3-6-11/h1-9,14-15H,10H2. The van der Waals surface area contributed by atoms with Crippen LogP contribution < -0.4 is 4.72 Å². The Kier molecular flexibility index (Phi) is 3.53. The van der Waals surface area contributed by atoms with E-state index in [1.807, 2.05) is 6.07 Å². The van der Waals surface area contributed by atoms with Crippen molar-refractivity contribution in [1.29, 1.82) is 0 Å². The van der Waals surface area contributed by atoms with Gasteiger partial charge < -0.3 is 5.11 Å². The molecule has 0 spiro atoms. The van der Waals surface area contributed by atoms with E-state index in [1.165, 1.54) is 12.1 Å². The van der Waals surface area contributed by atoms with Crippen molar-refractivity contribution < 1.29 is 13.5 Å². The fraction of sp³-hybridized carbons (Fsp3) is 0.0769. The summed E-state index contributed by atoms with van der Waals surface area (Å²) >= 11 is 0. The minimum Gasteiger partial charge on any atom is -0.508 e. The topological polar surface area (TPSA) is 66.4 Å². The first kappa shape index (κ1) is 12.4. The average Bonchev–Trinajstić information content (AvgIpc) is 2.28. The van der Waals surface area contributed by atoms with E-state index in [0.29, 0.717) is 11.3 Å². The Morgan fingerprint density at radius 2 is 1.72 bits per heavy atom. The lowest BCUT2D eigenvalue weighted by molar-refractivity contribution is 0.475. The summed E-state index contributed by atoms with van der Waals surface area (Å²) in [5.74, 6) is -0.0707. The van der Waals surface area contributed by atoms with Gasteiger partial charge in [0.25, 0.3) is 0 Å². The maximum atomic E-state index is 11.9. The monoisotopic (exact) mass is 263 g/mol. The molecule has 0 amide bonds. The first-order valence-corrected chi connectivity index (χ1v) is 7.04. The van der Waals surface area contributed by atoms with Crippen molar-refractivity contribution in [2.24, 2.45) is 0 Å². The third kappa shape index (κ3) is 3.49. The van der Waals surface area contributed by atoms with Crippen molar-refractivity contribution in [3.05, 3.63) is 60.2 Å². The molecule has 4 nitrogen and oxygen atoms in total. The van der Waals surface area contributed by atoms with E-state index in [2.05, 4.69) is 4.72 Å². The number of benzene rings is 2. The van der Waals surface area contributed by atoms with Crippen molar-refractivity contribution in [2.45, 2.75) is 5.75 Å². The summed E-state index contributed by atoms with van der Waals surface area (Å²) in [6.45, 7) is 0. The van der Waals surface area contributed by atoms with Gasteiger partial charge in [0.2, 0.25) is 10.0 Å². The van der Waals surface area contributed by atoms with E-state index in [1.54, 1.807) is 36.4 Å². The second-order valence-electron chi connectivity index (χ2n) is 3.90. The first-order chi connectivity index (χ1) is 8.55. The summed E-state index contributed by atoms with van der Waals surface area (Å²) in [5.41, 5.74) is 1.07. The van der Waals surface area contributed by atoms with Gasteiger partial charge in [-0.3, -0.25) is 4.72 Å². The molecule has 0 atom stereocenters. The predicted molar refractivity (Wildman–Crippen MR) is 70.8 cm³/mol. The van der Waals surface area contributed by atoms with Crippen LogP contribution in [0.1, 0.15) is 5.56 Å². The number of phenols is 1. The molecule has 0 aliphatic carbocycles. The number of hydrogen-bond acceptors (Lipinski definition) is 3. The number of rotatable bonds is 4. The van der Waals surface area contributed by atoms with Crippen LogP contribution in [-0.4, -0.2) is 13.5 Å². The third-order valence-electron chi connectivity index (χ3n) is 2.32. The third-order valence-corrected chi connectivity index (χ3v) is 3.58. The number of hydrogen-bond donors (Lipinski definition) is 2. The molecule has 0 bridgehead atoms. The van der Waals surface area contributed by atoms with E-state index in [4.69, 9.17) is 0 Å². The van der Waals surface area contributed by atoms with Gasteiger partial charge in [0, 0.05) is 6.07 Å². The SMILES string of the molecule is O=S(=O)(Cc1ccccc1)Nc1cccc(O)c1. The highest BCUT2D eigenvalue weighted by atomic mass is 32.2. The molecule has 0 heterocycles.